The third-order valence-corrected chi connectivity index (χ3v) is 4.67. The molecule has 1 N–H and O–H groups in total. The zero-order chi connectivity index (χ0) is 18.2. The van der Waals surface area contributed by atoms with Crippen LogP contribution in [0.25, 0.3) is 0 Å². The van der Waals surface area contributed by atoms with Gasteiger partial charge in [-0.2, -0.15) is 0 Å². The molecule has 2 atom stereocenters. The van der Waals surface area contributed by atoms with E-state index in [-0.39, 0.29) is 11.9 Å². The number of esters is 1. The second kappa shape index (κ2) is 9.28. The van der Waals surface area contributed by atoms with Crippen LogP contribution in [0.1, 0.15) is 42.7 Å². The van der Waals surface area contributed by atoms with Crippen LogP contribution in [-0.2, 0) is 9.53 Å². The molecule has 0 aliphatic carbocycles. The zero-order valence-electron chi connectivity index (χ0n) is 14.7. The van der Waals surface area contributed by atoms with Crippen molar-refractivity contribution in [1.29, 1.82) is 0 Å². The van der Waals surface area contributed by atoms with E-state index < -0.39 is 12.1 Å². The molecule has 0 radical (unpaired) electrons. The molecule has 132 valence electrons. The van der Waals surface area contributed by atoms with Gasteiger partial charge in [-0.15, -0.1) is 11.8 Å². The molecule has 0 bridgehead atoms. The Hall–Kier alpha value is -2.27. The second-order valence-electron chi connectivity index (χ2n) is 5.62. The van der Waals surface area contributed by atoms with Crippen molar-refractivity contribution in [2.45, 2.75) is 37.8 Å². The first kappa shape index (κ1) is 19.1. The maximum absolute atomic E-state index is 12.4. The number of nitrogens with one attached hydrogen (secondary N) is 1. The van der Waals surface area contributed by atoms with Gasteiger partial charge in [0.25, 0.3) is 5.91 Å². The van der Waals surface area contributed by atoms with Gasteiger partial charge in [0.1, 0.15) is 0 Å². The minimum atomic E-state index is -0.863. The van der Waals surface area contributed by atoms with E-state index in [1.165, 1.54) is 0 Å². The third kappa shape index (κ3) is 5.36. The maximum Gasteiger partial charge on any atom is 0.340 e. The van der Waals surface area contributed by atoms with Crippen molar-refractivity contribution in [2.75, 3.05) is 5.75 Å². The number of carbonyl (C=O) groups excluding carboxylic acids is 2. The Morgan fingerprint density at radius 2 is 1.68 bits per heavy atom. The number of hydrogen-bond acceptors (Lipinski definition) is 4. The first-order valence-corrected chi connectivity index (χ1v) is 9.29. The Labute approximate surface area is 153 Å². The molecule has 0 aromatic heterocycles. The van der Waals surface area contributed by atoms with Crippen molar-refractivity contribution in [3.8, 4) is 0 Å². The summed E-state index contributed by atoms with van der Waals surface area (Å²) < 4.78 is 5.36. The topological polar surface area (TPSA) is 55.4 Å². The van der Waals surface area contributed by atoms with Crippen LogP contribution in [0.4, 0.5) is 0 Å². The van der Waals surface area contributed by atoms with Crippen LogP contribution in [0.3, 0.4) is 0 Å². The summed E-state index contributed by atoms with van der Waals surface area (Å²) in [7, 11) is 0. The summed E-state index contributed by atoms with van der Waals surface area (Å²) in [5.74, 6) is 0.0615. The smallest absolute Gasteiger partial charge is 0.340 e. The van der Waals surface area contributed by atoms with Crippen molar-refractivity contribution in [3.05, 3.63) is 65.7 Å². The zero-order valence-corrected chi connectivity index (χ0v) is 15.5. The van der Waals surface area contributed by atoms with E-state index in [0.29, 0.717) is 5.56 Å². The lowest BCUT2D eigenvalue weighted by Crippen LogP contribution is -2.37. The lowest BCUT2D eigenvalue weighted by atomic mass is 10.1. The summed E-state index contributed by atoms with van der Waals surface area (Å²) in [6.45, 7) is 5.50. The fraction of sp³-hybridized carbons (Fsp3) is 0.300. The third-order valence-electron chi connectivity index (χ3n) is 3.72. The molecule has 2 unspecified atom stereocenters. The van der Waals surface area contributed by atoms with Gasteiger partial charge in [0.05, 0.1) is 11.6 Å². The van der Waals surface area contributed by atoms with Crippen LogP contribution >= 0.6 is 11.8 Å². The molecule has 0 heterocycles. The summed E-state index contributed by atoms with van der Waals surface area (Å²) in [5, 5.41) is 2.87. The van der Waals surface area contributed by atoms with Gasteiger partial charge in [-0.1, -0.05) is 49.4 Å². The standard InChI is InChI=1S/C20H23NO3S/c1-4-25-18-13-9-8-12-17(18)20(23)24-15(3)19(22)21-14(2)16-10-6-5-7-11-16/h5-15H,4H2,1-3H3,(H,21,22). The van der Waals surface area contributed by atoms with E-state index in [1.807, 2.05) is 56.3 Å². The number of rotatable bonds is 7. The SMILES string of the molecule is CCSc1ccccc1C(=O)OC(C)C(=O)NC(C)c1ccccc1. The molecule has 2 aromatic carbocycles. The first-order chi connectivity index (χ1) is 12.0. The van der Waals surface area contributed by atoms with Gasteiger partial charge in [-0.05, 0) is 37.3 Å². The molecule has 1 amide bonds. The molecule has 25 heavy (non-hydrogen) atoms. The summed E-state index contributed by atoms with van der Waals surface area (Å²) in [6.07, 6.45) is -0.863. The molecule has 0 aliphatic heterocycles. The maximum atomic E-state index is 12.4. The molecule has 0 aliphatic rings. The fourth-order valence-electron chi connectivity index (χ4n) is 2.35. The molecule has 0 spiro atoms. The van der Waals surface area contributed by atoms with E-state index in [4.69, 9.17) is 4.74 Å². The highest BCUT2D eigenvalue weighted by Crippen LogP contribution is 2.23. The highest BCUT2D eigenvalue weighted by molar-refractivity contribution is 7.99. The predicted molar refractivity (Wildman–Crippen MR) is 101 cm³/mol. The quantitative estimate of drug-likeness (QED) is 0.595. The van der Waals surface area contributed by atoms with Crippen LogP contribution in [-0.4, -0.2) is 23.7 Å². The van der Waals surface area contributed by atoms with Gasteiger partial charge in [-0.3, -0.25) is 4.79 Å². The molecule has 5 heteroatoms. The Bertz CT molecular complexity index is 718. The molecular weight excluding hydrogens is 334 g/mol. The molecular formula is C20H23NO3S. The normalized spacial score (nSPS) is 12.9. The van der Waals surface area contributed by atoms with Crippen molar-refractivity contribution in [3.63, 3.8) is 0 Å². The Morgan fingerprint density at radius 3 is 2.36 bits per heavy atom. The Balaban J connectivity index is 1.98. The number of amides is 1. The monoisotopic (exact) mass is 357 g/mol. The Morgan fingerprint density at radius 1 is 1.04 bits per heavy atom. The van der Waals surface area contributed by atoms with Gasteiger partial charge in [0.2, 0.25) is 0 Å². The summed E-state index contributed by atoms with van der Waals surface area (Å²) in [6, 6.07) is 16.8. The first-order valence-electron chi connectivity index (χ1n) is 8.31. The van der Waals surface area contributed by atoms with Crippen LogP contribution in [0.2, 0.25) is 0 Å². The lowest BCUT2D eigenvalue weighted by Gasteiger charge is -2.18. The molecule has 0 saturated carbocycles. The number of thioether (sulfide) groups is 1. The van der Waals surface area contributed by atoms with Crippen molar-refractivity contribution in [1.82, 2.24) is 5.32 Å². The highest BCUT2D eigenvalue weighted by atomic mass is 32.2. The van der Waals surface area contributed by atoms with Gasteiger partial charge in [0, 0.05) is 4.90 Å². The predicted octanol–water partition coefficient (Wildman–Crippen LogP) is 4.22. The largest absolute Gasteiger partial charge is 0.449 e. The number of benzene rings is 2. The molecule has 0 fully saturated rings. The fourth-order valence-corrected chi connectivity index (χ4v) is 3.14. The summed E-state index contributed by atoms with van der Waals surface area (Å²) in [5.41, 5.74) is 1.49. The molecule has 2 rings (SSSR count). The van der Waals surface area contributed by atoms with E-state index in [0.717, 1.165) is 16.2 Å². The minimum absolute atomic E-state index is 0.155. The lowest BCUT2D eigenvalue weighted by molar-refractivity contribution is -0.129. The molecule has 0 saturated heterocycles. The number of hydrogen-bond donors (Lipinski definition) is 1. The van der Waals surface area contributed by atoms with E-state index in [1.54, 1.807) is 30.8 Å². The van der Waals surface area contributed by atoms with Crippen LogP contribution in [0.5, 0.6) is 0 Å². The van der Waals surface area contributed by atoms with Gasteiger partial charge >= 0.3 is 5.97 Å². The van der Waals surface area contributed by atoms with Gasteiger partial charge in [-0.25, -0.2) is 4.79 Å². The van der Waals surface area contributed by atoms with Crippen LogP contribution < -0.4 is 5.32 Å². The average Bonchev–Trinajstić information content (AvgIpc) is 2.63. The van der Waals surface area contributed by atoms with Crippen LogP contribution in [0, 0.1) is 0 Å². The molecule has 2 aromatic rings. The highest BCUT2D eigenvalue weighted by Gasteiger charge is 2.22. The number of ether oxygens (including phenoxy) is 1. The van der Waals surface area contributed by atoms with E-state index in [9.17, 15) is 9.59 Å². The minimum Gasteiger partial charge on any atom is -0.449 e. The van der Waals surface area contributed by atoms with Crippen molar-refractivity contribution < 1.29 is 14.3 Å². The van der Waals surface area contributed by atoms with Crippen LogP contribution in [0.15, 0.2) is 59.5 Å². The van der Waals surface area contributed by atoms with Crippen molar-refractivity contribution in [2.24, 2.45) is 0 Å². The summed E-state index contributed by atoms with van der Waals surface area (Å²) >= 11 is 1.57. The second-order valence-corrected chi connectivity index (χ2v) is 6.92. The Kier molecular flexibility index (Phi) is 7.07. The average molecular weight is 357 g/mol. The number of carbonyl (C=O) groups is 2. The van der Waals surface area contributed by atoms with Gasteiger partial charge < -0.3 is 10.1 Å². The summed E-state index contributed by atoms with van der Waals surface area (Å²) in [4.78, 5) is 25.6. The molecule has 4 nitrogen and oxygen atoms in total. The van der Waals surface area contributed by atoms with Crippen molar-refractivity contribution >= 4 is 23.6 Å². The van der Waals surface area contributed by atoms with E-state index in [2.05, 4.69) is 5.32 Å². The van der Waals surface area contributed by atoms with Gasteiger partial charge in [0.15, 0.2) is 6.10 Å². The van der Waals surface area contributed by atoms with E-state index >= 15 is 0 Å².